The van der Waals surface area contributed by atoms with Crippen molar-refractivity contribution in [1.29, 1.82) is 0 Å². The van der Waals surface area contributed by atoms with Crippen molar-refractivity contribution < 1.29 is 9.90 Å². The lowest BCUT2D eigenvalue weighted by Gasteiger charge is -2.35. The molecule has 0 radical (unpaired) electrons. The molecule has 114 valence electrons. The van der Waals surface area contributed by atoms with Crippen LogP contribution in [-0.4, -0.2) is 28.6 Å². The number of likely N-dealkylation sites (tertiary alicyclic amines) is 1. The predicted octanol–water partition coefficient (Wildman–Crippen LogP) is 3.78. The molecule has 1 N–H and O–H groups in total. The van der Waals surface area contributed by atoms with Crippen molar-refractivity contribution in [3.8, 4) is 0 Å². The molecule has 0 aromatic heterocycles. The highest BCUT2D eigenvalue weighted by Crippen LogP contribution is 2.40. The maximum absolute atomic E-state index is 10.8. The lowest BCUT2D eigenvalue weighted by atomic mass is 9.97. The lowest BCUT2D eigenvalue weighted by Crippen LogP contribution is -2.39. The maximum Gasteiger partial charge on any atom is 0.303 e. The van der Waals surface area contributed by atoms with Crippen molar-refractivity contribution in [3.63, 3.8) is 0 Å². The molecule has 0 spiro atoms. The molecule has 1 heterocycles. The highest BCUT2D eigenvalue weighted by atomic mass is 16.4. The van der Waals surface area contributed by atoms with E-state index in [4.69, 9.17) is 5.11 Å². The van der Waals surface area contributed by atoms with Gasteiger partial charge in [0.1, 0.15) is 0 Å². The standard InChI is InChI=1S/C18H25NO2/c20-18(21)11-10-17-3-1-2-12-19(17)13-14-4-6-15(7-5-14)16-8-9-16/h4-7,16-17H,1-3,8-13H2,(H,20,21). The molecule has 1 aromatic carbocycles. The zero-order chi connectivity index (χ0) is 14.7. The molecule has 2 aliphatic rings. The van der Waals surface area contributed by atoms with Crippen LogP contribution >= 0.6 is 0 Å². The summed E-state index contributed by atoms with van der Waals surface area (Å²) in [6.07, 6.45) is 7.40. The third kappa shape index (κ3) is 4.07. The first-order valence-electron chi connectivity index (χ1n) is 8.27. The van der Waals surface area contributed by atoms with E-state index in [2.05, 4.69) is 29.2 Å². The van der Waals surface area contributed by atoms with Crippen molar-refractivity contribution in [2.45, 2.75) is 63.5 Å². The summed E-state index contributed by atoms with van der Waals surface area (Å²) in [6.45, 7) is 2.07. The minimum atomic E-state index is -0.672. The number of hydrogen-bond acceptors (Lipinski definition) is 2. The second-order valence-electron chi connectivity index (χ2n) is 6.57. The van der Waals surface area contributed by atoms with Gasteiger partial charge in [-0.2, -0.15) is 0 Å². The summed E-state index contributed by atoms with van der Waals surface area (Å²) in [6, 6.07) is 9.53. The van der Waals surface area contributed by atoms with Gasteiger partial charge in [-0.1, -0.05) is 30.7 Å². The molecule has 1 unspecified atom stereocenters. The van der Waals surface area contributed by atoms with Crippen LogP contribution in [0.15, 0.2) is 24.3 Å². The Hall–Kier alpha value is -1.35. The number of benzene rings is 1. The van der Waals surface area contributed by atoms with E-state index in [1.54, 1.807) is 0 Å². The summed E-state index contributed by atoms with van der Waals surface area (Å²) < 4.78 is 0. The Balaban J connectivity index is 1.58. The van der Waals surface area contributed by atoms with E-state index in [0.717, 1.165) is 31.8 Å². The van der Waals surface area contributed by atoms with E-state index in [-0.39, 0.29) is 0 Å². The Morgan fingerprint density at radius 2 is 1.90 bits per heavy atom. The number of piperidine rings is 1. The molecule has 1 aliphatic carbocycles. The molecule has 21 heavy (non-hydrogen) atoms. The van der Waals surface area contributed by atoms with E-state index < -0.39 is 5.97 Å². The molecular weight excluding hydrogens is 262 g/mol. The number of aliphatic carboxylic acids is 1. The average Bonchev–Trinajstić information content (AvgIpc) is 3.32. The van der Waals surface area contributed by atoms with Crippen LogP contribution in [0.5, 0.6) is 0 Å². The van der Waals surface area contributed by atoms with Crippen LogP contribution < -0.4 is 0 Å². The first-order valence-corrected chi connectivity index (χ1v) is 8.27. The summed E-state index contributed by atoms with van der Waals surface area (Å²) in [5.74, 6) is 0.145. The summed E-state index contributed by atoms with van der Waals surface area (Å²) in [4.78, 5) is 13.3. The van der Waals surface area contributed by atoms with Crippen LogP contribution in [0.1, 0.15) is 62.0 Å². The summed E-state index contributed by atoms with van der Waals surface area (Å²) in [5.41, 5.74) is 2.85. The van der Waals surface area contributed by atoms with E-state index >= 15 is 0 Å². The number of nitrogens with zero attached hydrogens (tertiary/aromatic N) is 1. The molecule has 1 atom stereocenters. The van der Waals surface area contributed by atoms with Gasteiger partial charge in [-0.05, 0) is 55.7 Å². The minimum Gasteiger partial charge on any atom is -0.481 e. The van der Waals surface area contributed by atoms with Crippen molar-refractivity contribution in [3.05, 3.63) is 35.4 Å². The van der Waals surface area contributed by atoms with Gasteiger partial charge in [-0.25, -0.2) is 0 Å². The van der Waals surface area contributed by atoms with Gasteiger partial charge < -0.3 is 5.11 Å². The molecule has 3 heteroatoms. The first-order chi connectivity index (χ1) is 10.2. The third-order valence-corrected chi connectivity index (χ3v) is 4.85. The molecule has 2 fully saturated rings. The van der Waals surface area contributed by atoms with Gasteiger partial charge in [0.2, 0.25) is 0 Å². The molecule has 3 rings (SSSR count). The number of rotatable bonds is 6. The Labute approximate surface area is 127 Å². The predicted molar refractivity (Wildman–Crippen MR) is 83.3 cm³/mol. The maximum atomic E-state index is 10.8. The topological polar surface area (TPSA) is 40.5 Å². The van der Waals surface area contributed by atoms with Crippen LogP contribution in [-0.2, 0) is 11.3 Å². The fourth-order valence-corrected chi connectivity index (χ4v) is 3.43. The van der Waals surface area contributed by atoms with E-state index in [1.807, 2.05) is 0 Å². The number of hydrogen-bond donors (Lipinski definition) is 1. The van der Waals surface area contributed by atoms with Crippen LogP contribution in [0.2, 0.25) is 0 Å². The zero-order valence-corrected chi connectivity index (χ0v) is 12.6. The van der Waals surface area contributed by atoms with Crippen LogP contribution in [0, 0.1) is 0 Å². The van der Waals surface area contributed by atoms with Crippen molar-refractivity contribution in [2.75, 3.05) is 6.54 Å². The zero-order valence-electron chi connectivity index (χ0n) is 12.6. The van der Waals surface area contributed by atoms with E-state index in [9.17, 15) is 4.79 Å². The summed E-state index contributed by atoms with van der Waals surface area (Å²) in [7, 11) is 0. The smallest absolute Gasteiger partial charge is 0.303 e. The van der Waals surface area contributed by atoms with Gasteiger partial charge in [-0.3, -0.25) is 9.69 Å². The second-order valence-corrected chi connectivity index (χ2v) is 6.57. The van der Waals surface area contributed by atoms with Crippen LogP contribution in [0.4, 0.5) is 0 Å². The van der Waals surface area contributed by atoms with E-state index in [1.165, 1.54) is 36.8 Å². The molecule has 1 aliphatic heterocycles. The average molecular weight is 287 g/mol. The highest BCUT2D eigenvalue weighted by Gasteiger charge is 2.24. The largest absolute Gasteiger partial charge is 0.481 e. The molecule has 1 saturated carbocycles. The fourth-order valence-electron chi connectivity index (χ4n) is 3.43. The number of carbonyl (C=O) groups is 1. The van der Waals surface area contributed by atoms with Gasteiger partial charge in [0.05, 0.1) is 0 Å². The monoisotopic (exact) mass is 287 g/mol. The number of carboxylic acid groups (broad SMARTS) is 1. The Kier molecular flexibility index (Phi) is 4.59. The quantitative estimate of drug-likeness (QED) is 0.865. The first kappa shape index (κ1) is 14.6. The molecule has 0 bridgehead atoms. The molecule has 3 nitrogen and oxygen atoms in total. The van der Waals surface area contributed by atoms with Crippen molar-refractivity contribution >= 4 is 5.97 Å². The van der Waals surface area contributed by atoms with Gasteiger partial charge in [0.15, 0.2) is 0 Å². The Morgan fingerprint density at radius 3 is 2.57 bits per heavy atom. The Morgan fingerprint density at radius 1 is 1.14 bits per heavy atom. The SMILES string of the molecule is O=C(O)CCC1CCCCN1Cc1ccc(C2CC2)cc1. The summed E-state index contributed by atoms with van der Waals surface area (Å²) >= 11 is 0. The molecule has 1 saturated heterocycles. The molecular formula is C18H25NO2. The summed E-state index contributed by atoms with van der Waals surface area (Å²) in [5, 5.41) is 8.89. The van der Waals surface area contributed by atoms with Gasteiger partial charge >= 0.3 is 5.97 Å². The second kappa shape index (κ2) is 6.61. The molecule has 1 aromatic rings. The van der Waals surface area contributed by atoms with Crippen LogP contribution in [0.25, 0.3) is 0 Å². The number of carboxylic acids is 1. The van der Waals surface area contributed by atoms with Crippen molar-refractivity contribution in [2.24, 2.45) is 0 Å². The Bertz CT molecular complexity index is 478. The van der Waals surface area contributed by atoms with Gasteiger partial charge in [0, 0.05) is 19.0 Å². The highest BCUT2D eigenvalue weighted by molar-refractivity contribution is 5.66. The van der Waals surface area contributed by atoms with Crippen molar-refractivity contribution in [1.82, 2.24) is 4.90 Å². The lowest BCUT2D eigenvalue weighted by molar-refractivity contribution is -0.137. The molecule has 0 amide bonds. The minimum absolute atomic E-state index is 0.293. The van der Waals surface area contributed by atoms with Crippen LogP contribution in [0.3, 0.4) is 0 Å². The van der Waals surface area contributed by atoms with Gasteiger partial charge in [-0.15, -0.1) is 0 Å². The fraction of sp³-hybridized carbons (Fsp3) is 0.611. The van der Waals surface area contributed by atoms with Gasteiger partial charge in [0.25, 0.3) is 0 Å². The third-order valence-electron chi connectivity index (χ3n) is 4.85. The van der Waals surface area contributed by atoms with E-state index in [0.29, 0.717) is 12.5 Å². The normalized spacial score (nSPS) is 23.1.